The predicted molar refractivity (Wildman–Crippen MR) is 115 cm³/mol. The Kier molecular flexibility index (Phi) is 4.15. The van der Waals surface area contributed by atoms with Crippen molar-refractivity contribution in [2.45, 2.75) is 19.8 Å². The van der Waals surface area contributed by atoms with Gasteiger partial charge in [-0.15, -0.1) is 0 Å². The van der Waals surface area contributed by atoms with E-state index in [9.17, 15) is 20.4 Å². The number of aromatic nitrogens is 2. The molecule has 158 valence electrons. The monoisotopic (exact) mass is 418 g/mol. The Morgan fingerprint density at radius 2 is 1.06 bits per heavy atom. The fraction of sp³-hybridized carbons (Fsp3) is 0.167. The van der Waals surface area contributed by atoms with Gasteiger partial charge in [-0.3, -0.25) is 9.13 Å². The van der Waals surface area contributed by atoms with E-state index in [-0.39, 0.29) is 36.4 Å². The van der Waals surface area contributed by atoms with Gasteiger partial charge in [0.25, 0.3) is 0 Å². The zero-order chi connectivity index (χ0) is 21.9. The van der Waals surface area contributed by atoms with Crippen LogP contribution in [0.15, 0.2) is 48.5 Å². The second-order valence-corrected chi connectivity index (χ2v) is 7.87. The molecule has 4 N–H and O–H groups in total. The van der Waals surface area contributed by atoms with Crippen LogP contribution in [0.3, 0.4) is 0 Å². The molecule has 5 rings (SSSR count). The van der Waals surface area contributed by atoms with Gasteiger partial charge >= 0.3 is 0 Å². The van der Waals surface area contributed by atoms with Gasteiger partial charge in [-0.05, 0) is 43.3 Å². The normalized spacial score (nSPS) is 12.5. The number of rotatable bonds is 3. The lowest BCUT2D eigenvalue weighted by Gasteiger charge is -2.12. The number of ether oxygens (including phenoxy) is 1. The van der Waals surface area contributed by atoms with E-state index >= 15 is 0 Å². The molecule has 1 aliphatic rings. The number of nitrogens with zero attached hydrogens (tertiary/aromatic N) is 2. The summed E-state index contributed by atoms with van der Waals surface area (Å²) in [5, 5.41) is 42.3. The molecule has 0 amide bonds. The lowest BCUT2D eigenvalue weighted by molar-refractivity contribution is 0.383. The van der Waals surface area contributed by atoms with Crippen molar-refractivity contribution in [2.75, 3.05) is 0 Å². The first-order valence-corrected chi connectivity index (χ1v) is 9.92. The van der Waals surface area contributed by atoms with E-state index in [0.717, 1.165) is 11.3 Å². The highest BCUT2D eigenvalue weighted by Crippen LogP contribution is 2.47. The molecule has 0 aliphatic heterocycles. The van der Waals surface area contributed by atoms with Crippen molar-refractivity contribution in [3.63, 3.8) is 0 Å². The minimum atomic E-state index is -0.0897. The van der Waals surface area contributed by atoms with Crippen LogP contribution < -0.4 is 4.74 Å². The molecule has 0 radical (unpaired) electrons. The van der Waals surface area contributed by atoms with Gasteiger partial charge in [0, 0.05) is 42.1 Å². The molecule has 2 heterocycles. The molecule has 0 fully saturated rings. The Bertz CT molecular complexity index is 1240. The number of aromatic hydroxyl groups is 4. The van der Waals surface area contributed by atoms with Crippen molar-refractivity contribution in [3.05, 3.63) is 76.3 Å². The smallest absolute Gasteiger partial charge is 0.202 e. The van der Waals surface area contributed by atoms with Crippen molar-refractivity contribution in [3.8, 4) is 40.7 Å². The summed E-state index contributed by atoms with van der Waals surface area (Å²) in [4.78, 5) is 0. The highest BCUT2D eigenvalue weighted by molar-refractivity contribution is 5.62. The second-order valence-electron chi connectivity index (χ2n) is 7.87. The fourth-order valence-corrected chi connectivity index (χ4v) is 4.16. The van der Waals surface area contributed by atoms with Crippen molar-refractivity contribution in [1.82, 2.24) is 9.13 Å². The summed E-state index contributed by atoms with van der Waals surface area (Å²) in [6.45, 7) is 2.01. The number of aryl methyl sites for hydroxylation is 1. The maximum atomic E-state index is 10.9. The van der Waals surface area contributed by atoms with Crippen LogP contribution in [0, 0.1) is 6.92 Å². The quantitative estimate of drug-likeness (QED) is 0.351. The first-order valence-electron chi connectivity index (χ1n) is 9.92. The summed E-state index contributed by atoms with van der Waals surface area (Å²) >= 11 is 0. The first-order chi connectivity index (χ1) is 14.8. The van der Waals surface area contributed by atoms with Crippen molar-refractivity contribution in [1.29, 1.82) is 0 Å². The first kappa shape index (κ1) is 19.0. The number of fused-ring (bicyclic) bond motifs is 2. The van der Waals surface area contributed by atoms with E-state index < -0.39 is 0 Å². The minimum Gasteiger partial charge on any atom is -0.494 e. The highest BCUT2D eigenvalue weighted by atomic mass is 16.5. The lowest BCUT2D eigenvalue weighted by atomic mass is 9.90. The van der Waals surface area contributed by atoms with Crippen LogP contribution in [-0.2, 0) is 19.9 Å². The van der Waals surface area contributed by atoms with Gasteiger partial charge in [0.1, 0.15) is 11.5 Å². The number of hydrogen-bond acceptors (Lipinski definition) is 5. The summed E-state index contributed by atoms with van der Waals surface area (Å²) in [7, 11) is 1.56. The van der Waals surface area contributed by atoms with E-state index in [1.165, 1.54) is 9.13 Å². The van der Waals surface area contributed by atoms with E-state index in [1.807, 2.05) is 31.2 Å². The maximum absolute atomic E-state index is 10.9. The third-order valence-electron chi connectivity index (χ3n) is 5.93. The molecule has 7 heteroatoms. The molecule has 0 atom stereocenters. The third kappa shape index (κ3) is 2.89. The molecule has 2 aromatic heterocycles. The molecule has 1 aliphatic carbocycles. The Morgan fingerprint density at radius 3 is 1.55 bits per heavy atom. The zero-order valence-electron chi connectivity index (χ0n) is 17.1. The Morgan fingerprint density at radius 1 is 0.645 bits per heavy atom. The van der Waals surface area contributed by atoms with Crippen LogP contribution in [0.2, 0.25) is 0 Å². The molecule has 0 unspecified atom stereocenters. The van der Waals surface area contributed by atoms with Crippen molar-refractivity contribution in [2.24, 2.45) is 7.05 Å². The fourth-order valence-electron chi connectivity index (χ4n) is 4.16. The van der Waals surface area contributed by atoms with E-state index in [0.29, 0.717) is 33.7 Å². The topological polar surface area (TPSA) is 100 Å². The van der Waals surface area contributed by atoms with E-state index in [1.54, 1.807) is 31.3 Å². The van der Waals surface area contributed by atoms with E-state index in [4.69, 9.17) is 4.74 Å². The Balaban J connectivity index is 1.48. The van der Waals surface area contributed by atoms with Gasteiger partial charge in [0.15, 0.2) is 11.8 Å². The van der Waals surface area contributed by atoms with Crippen molar-refractivity contribution < 1.29 is 25.2 Å². The molecule has 4 aromatic rings. The van der Waals surface area contributed by atoms with Gasteiger partial charge in [-0.2, -0.15) is 0 Å². The summed E-state index contributed by atoms with van der Waals surface area (Å²) in [6.07, 6.45) is 0.428. The van der Waals surface area contributed by atoms with Gasteiger partial charge < -0.3 is 25.2 Å². The molecular weight excluding hydrogens is 396 g/mol. The summed E-state index contributed by atoms with van der Waals surface area (Å²) in [5.41, 5.74) is 3.90. The summed E-state index contributed by atoms with van der Waals surface area (Å²) in [5.74, 6) is 1.09. The number of hydrogen-bond donors (Lipinski definition) is 4. The minimum absolute atomic E-state index is 0.0394. The summed E-state index contributed by atoms with van der Waals surface area (Å²) in [6, 6.07) is 14.7. The van der Waals surface area contributed by atoms with E-state index in [2.05, 4.69) is 0 Å². The molecule has 7 nitrogen and oxygen atoms in total. The van der Waals surface area contributed by atoms with Gasteiger partial charge in [0.05, 0.1) is 5.69 Å². The average Bonchev–Trinajstić information content (AvgIpc) is 3.14. The summed E-state index contributed by atoms with van der Waals surface area (Å²) < 4.78 is 8.50. The zero-order valence-corrected chi connectivity index (χ0v) is 17.1. The molecule has 2 aromatic carbocycles. The second kappa shape index (κ2) is 6.77. The molecule has 0 saturated heterocycles. The van der Waals surface area contributed by atoms with Crippen LogP contribution in [0.5, 0.6) is 35.0 Å². The van der Waals surface area contributed by atoms with Crippen LogP contribution in [-0.4, -0.2) is 29.6 Å². The van der Waals surface area contributed by atoms with Crippen LogP contribution >= 0.6 is 0 Å². The molecular formula is C24H22N2O5. The largest absolute Gasteiger partial charge is 0.494 e. The third-order valence-corrected chi connectivity index (χ3v) is 5.93. The van der Waals surface area contributed by atoms with Crippen LogP contribution in [0.1, 0.15) is 27.8 Å². The standard InChI is InChI=1S/C24H22N2O5/c1-13-3-7-15(8-4-13)31-16-9-5-14(6-10-16)26-23(29)19-11-17-18(12-20(19)24(26)30)22(28)25(2)21(17)27/h3-10,27-30H,11-12H2,1-2H3. The van der Waals surface area contributed by atoms with Gasteiger partial charge in [-0.25, -0.2) is 0 Å². The molecule has 0 saturated carbocycles. The highest BCUT2D eigenvalue weighted by Gasteiger charge is 2.33. The van der Waals surface area contributed by atoms with Crippen molar-refractivity contribution >= 4 is 0 Å². The predicted octanol–water partition coefficient (Wildman–Crippen LogP) is 4.23. The van der Waals surface area contributed by atoms with Crippen LogP contribution in [0.4, 0.5) is 0 Å². The average molecular weight is 418 g/mol. The SMILES string of the molecule is Cc1ccc(Oc2ccc(-n3c(O)c4c(c3O)Cc3c(c(O)n(C)c3O)C4)cc2)cc1. The molecule has 0 bridgehead atoms. The Labute approximate surface area is 178 Å². The molecule has 0 spiro atoms. The molecule has 31 heavy (non-hydrogen) atoms. The maximum Gasteiger partial charge on any atom is 0.202 e. The van der Waals surface area contributed by atoms with Crippen LogP contribution in [0.25, 0.3) is 5.69 Å². The lowest BCUT2D eigenvalue weighted by Crippen LogP contribution is -2.03. The van der Waals surface area contributed by atoms with Gasteiger partial charge in [-0.1, -0.05) is 17.7 Å². The Hall–Kier alpha value is -4.00. The van der Waals surface area contributed by atoms with Gasteiger partial charge in [0.2, 0.25) is 11.8 Å². The number of benzene rings is 2.